The minimum absolute atomic E-state index is 0.0408. The smallest absolute Gasteiger partial charge is 0.261 e. The van der Waals surface area contributed by atoms with Gasteiger partial charge in [-0.1, -0.05) is 11.6 Å². The fourth-order valence-electron chi connectivity index (χ4n) is 2.64. The molecule has 0 atom stereocenters. The molecule has 126 valence electrons. The van der Waals surface area contributed by atoms with Crippen molar-refractivity contribution in [2.24, 2.45) is 7.05 Å². The van der Waals surface area contributed by atoms with Crippen molar-refractivity contribution in [1.29, 1.82) is 0 Å². The van der Waals surface area contributed by atoms with Crippen LogP contribution in [0, 0.1) is 0 Å². The Morgan fingerprint density at radius 1 is 1.28 bits per heavy atom. The van der Waals surface area contributed by atoms with Gasteiger partial charge in [-0.3, -0.25) is 9.59 Å². The van der Waals surface area contributed by atoms with E-state index in [-0.39, 0.29) is 22.9 Å². The van der Waals surface area contributed by atoms with Crippen LogP contribution in [0.2, 0.25) is 5.02 Å². The van der Waals surface area contributed by atoms with Crippen LogP contribution in [0.15, 0.2) is 41.5 Å². The van der Waals surface area contributed by atoms with Gasteiger partial charge in [-0.2, -0.15) is 0 Å². The summed E-state index contributed by atoms with van der Waals surface area (Å²) < 4.78 is 12.0. The van der Waals surface area contributed by atoms with Crippen LogP contribution < -0.4 is 20.3 Å². The van der Waals surface area contributed by atoms with Gasteiger partial charge >= 0.3 is 0 Å². The number of aryl methyl sites for hydroxylation is 1. The molecule has 2 heterocycles. The molecule has 0 radical (unpaired) electrons. The number of fused-ring (bicyclic) bond motifs is 2. The summed E-state index contributed by atoms with van der Waals surface area (Å²) in [6.07, 6.45) is 1.43. The van der Waals surface area contributed by atoms with Crippen molar-refractivity contribution in [3.8, 4) is 11.5 Å². The van der Waals surface area contributed by atoms with Gasteiger partial charge in [-0.25, -0.2) is 4.98 Å². The Balaban J connectivity index is 1.70. The van der Waals surface area contributed by atoms with Crippen LogP contribution >= 0.6 is 11.6 Å². The molecule has 1 aliphatic rings. The molecule has 0 bridgehead atoms. The second-order valence-electron chi connectivity index (χ2n) is 5.50. The lowest BCUT2D eigenvalue weighted by Crippen LogP contribution is -2.17. The van der Waals surface area contributed by atoms with Gasteiger partial charge in [0, 0.05) is 12.7 Å². The summed E-state index contributed by atoms with van der Waals surface area (Å²) in [4.78, 5) is 28.9. The lowest BCUT2D eigenvalue weighted by molar-refractivity contribution is 0.102. The van der Waals surface area contributed by atoms with Gasteiger partial charge < -0.3 is 19.4 Å². The van der Waals surface area contributed by atoms with Gasteiger partial charge in [0.25, 0.3) is 11.5 Å². The number of ether oxygens (including phenoxy) is 2. The molecule has 3 aromatic rings. The molecule has 0 saturated heterocycles. The number of carbonyl (C=O) groups is 1. The first kappa shape index (κ1) is 15.5. The third kappa shape index (κ3) is 2.58. The SMILES string of the molecule is Cn1cnc2cc(NC(=O)c3c(Cl)ccc4c3OCO4)ccc2c1=O. The van der Waals surface area contributed by atoms with Gasteiger partial charge in [0.1, 0.15) is 5.56 Å². The maximum absolute atomic E-state index is 12.6. The number of carbonyl (C=O) groups excluding carboxylic acids is 1. The van der Waals surface area contributed by atoms with Gasteiger partial charge in [-0.05, 0) is 30.3 Å². The number of halogens is 1. The van der Waals surface area contributed by atoms with Crippen LogP contribution in [0.5, 0.6) is 11.5 Å². The fourth-order valence-corrected chi connectivity index (χ4v) is 2.88. The molecule has 0 spiro atoms. The Kier molecular flexibility index (Phi) is 3.58. The standard InChI is InChI=1S/C17H12ClN3O4/c1-21-7-19-12-6-9(2-3-10(12)17(21)23)20-16(22)14-11(18)4-5-13-15(14)25-8-24-13/h2-7H,8H2,1H3,(H,20,22). The topological polar surface area (TPSA) is 82.5 Å². The van der Waals surface area contributed by atoms with Gasteiger partial charge in [0.15, 0.2) is 11.5 Å². The second-order valence-corrected chi connectivity index (χ2v) is 5.91. The molecule has 1 N–H and O–H groups in total. The average molecular weight is 358 g/mol. The minimum atomic E-state index is -0.435. The second kappa shape index (κ2) is 5.78. The summed E-state index contributed by atoms with van der Waals surface area (Å²) in [5.74, 6) is 0.353. The highest BCUT2D eigenvalue weighted by molar-refractivity contribution is 6.35. The number of hydrogen-bond acceptors (Lipinski definition) is 5. The lowest BCUT2D eigenvalue weighted by Gasteiger charge is -2.10. The molecule has 1 amide bonds. The number of rotatable bonds is 2. The van der Waals surface area contributed by atoms with Crippen molar-refractivity contribution in [3.63, 3.8) is 0 Å². The van der Waals surface area contributed by atoms with Crippen molar-refractivity contribution in [1.82, 2.24) is 9.55 Å². The quantitative estimate of drug-likeness (QED) is 0.762. The summed E-state index contributed by atoms with van der Waals surface area (Å²) in [5, 5.41) is 3.48. The number of amides is 1. The van der Waals surface area contributed by atoms with E-state index in [0.717, 1.165) is 0 Å². The molecular formula is C17H12ClN3O4. The Morgan fingerprint density at radius 2 is 2.12 bits per heavy atom. The summed E-state index contributed by atoms with van der Waals surface area (Å²) in [7, 11) is 1.63. The van der Waals surface area contributed by atoms with E-state index in [2.05, 4.69) is 10.3 Å². The molecule has 4 rings (SSSR count). The van der Waals surface area contributed by atoms with E-state index in [1.165, 1.54) is 10.9 Å². The van der Waals surface area contributed by atoms with Crippen LogP contribution in [-0.2, 0) is 7.05 Å². The van der Waals surface area contributed by atoms with Crippen LogP contribution in [0.25, 0.3) is 10.9 Å². The van der Waals surface area contributed by atoms with Crippen molar-refractivity contribution in [2.45, 2.75) is 0 Å². The zero-order chi connectivity index (χ0) is 17.6. The highest BCUT2D eigenvalue weighted by atomic mass is 35.5. The normalized spacial score (nSPS) is 12.4. The third-order valence-corrected chi connectivity index (χ3v) is 4.21. The van der Waals surface area contributed by atoms with E-state index >= 15 is 0 Å². The predicted molar refractivity (Wildman–Crippen MR) is 92.5 cm³/mol. The van der Waals surface area contributed by atoms with E-state index in [1.807, 2.05) is 0 Å². The molecule has 8 heteroatoms. The van der Waals surface area contributed by atoms with Crippen molar-refractivity contribution in [3.05, 3.63) is 57.6 Å². The van der Waals surface area contributed by atoms with Gasteiger partial charge in [0.05, 0.1) is 22.3 Å². The Bertz CT molecular complexity index is 1080. The summed E-state index contributed by atoms with van der Waals surface area (Å²) in [6, 6.07) is 8.12. The van der Waals surface area contributed by atoms with E-state index in [4.69, 9.17) is 21.1 Å². The highest BCUT2D eigenvalue weighted by Crippen LogP contribution is 2.39. The summed E-state index contributed by atoms with van der Waals surface area (Å²) in [5.41, 5.74) is 1.03. The molecule has 25 heavy (non-hydrogen) atoms. The molecule has 0 unspecified atom stereocenters. The average Bonchev–Trinajstić information content (AvgIpc) is 3.06. The molecule has 2 aromatic carbocycles. The number of anilines is 1. The molecule has 0 fully saturated rings. The van der Waals surface area contributed by atoms with E-state index < -0.39 is 5.91 Å². The zero-order valence-corrected chi connectivity index (χ0v) is 13.8. The van der Waals surface area contributed by atoms with Crippen molar-refractivity contribution >= 4 is 34.1 Å². The molecule has 0 aliphatic carbocycles. The van der Waals surface area contributed by atoms with E-state index in [0.29, 0.717) is 28.1 Å². The number of aromatic nitrogens is 2. The maximum Gasteiger partial charge on any atom is 0.261 e. The number of benzene rings is 2. The first-order chi connectivity index (χ1) is 12.0. The highest BCUT2D eigenvalue weighted by Gasteiger charge is 2.25. The summed E-state index contributed by atoms with van der Waals surface area (Å²) in [6.45, 7) is 0.0408. The molecule has 0 saturated carbocycles. The lowest BCUT2D eigenvalue weighted by atomic mass is 10.1. The van der Waals surface area contributed by atoms with E-state index in [1.54, 1.807) is 37.4 Å². The zero-order valence-electron chi connectivity index (χ0n) is 13.1. The Labute approximate surface area is 146 Å². The molecular weight excluding hydrogens is 346 g/mol. The number of nitrogens with zero attached hydrogens (tertiary/aromatic N) is 2. The van der Waals surface area contributed by atoms with Crippen LogP contribution in [0.1, 0.15) is 10.4 Å². The third-order valence-electron chi connectivity index (χ3n) is 3.89. The largest absolute Gasteiger partial charge is 0.454 e. The van der Waals surface area contributed by atoms with Crippen molar-refractivity contribution in [2.75, 3.05) is 12.1 Å². The maximum atomic E-state index is 12.6. The fraction of sp³-hybridized carbons (Fsp3) is 0.118. The van der Waals surface area contributed by atoms with E-state index in [9.17, 15) is 9.59 Å². The van der Waals surface area contributed by atoms with Crippen LogP contribution in [-0.4, -0.2) is 22.3 Å². The van der Waals surface area contributed by atoms with Crippen LogP contribution in [0.3, 0.4) is 0 Å². The minimum Gasteiger partial charge on any atom is -0.454 e. The van der Waals surface area contributed by atoms with Gasteiger partial charge in [0.2, 0.25) is 6.79 Å². The molecule has 7 nitrogen and oxygen atoms in total. The predicted octanol–water partition coefficient (Wildman–Crippen LogP) is 2.57. The van der Waals surface area contributed by atoms with Crippen molar-refractivity contribution < 1.29 is 14.3 Å². The number of nitrogens with one attached hydrogen (secondary N) is 1. The van der Waals surface area contributed by atoms with Crippen LogP contribution in [0.4, 0.5) is 5.69 Å². The first-order valence-electron chi connectivity index (χ1n) is 7.39. The monoisotopic (exact) mass is 357 g/mol. The molecule has 1 aromatic heterocycles. The van der Waals surface area contributed by atoms with Gasteiger partial charge in [-0.15, -0.1) is 0 Å². The Morgan fingerprint density at radius 3 is 2.96 bits per heavy atom. The Hall–Kier alpha value is -3.06. The summed E-state index contributed by atoms with van der Waals surface area (Å²) >= 11 is 6.15. The molecule has 1 aliphatic heterocycles. The number of hydrogen-bond donors (Lipinski definition) is 1. The first-order valence-corrected chi connectivity index (χ1v) is 7.77.